The van der Waals surface area contributed by atoms with Crippen LogP contribution in [0.3, 0.4) is 0 Å². The topological polar surface area (TPSA) is 95.0 Å². The number of para-hydroxylation sites is 1. The highest BCUT2D eigenvalue weighted by Gasteiger charge is 2.42. The van der Waals surface area contributed by atoms with Crippen LogP contribution in [0.5, 0.6) is 0 Å². The number of sulfonamides is 1. The van der Waals surface area contributed by atoms with Gasteiger partial charge in [0.05, 0.1) is 11.8 Å². The molecule has 2 aromatic rings. The van der Waals surface area contributed by atoms with Crippen molar-refractivity contribution in [1.29, 1.82) is 0 Å². The van der Waals surface area contributed by atoms with Crippen LogP contribution >= 0.6 is 0 Å². The molecule has 0 spiro atoms. The molecule has 10 heteroatoms. The Labute approximate surface area is 244 Å². The number of hydrogen-bond acceptors (Lipinski definition) is 6. The van der Waals surface area contributed by atoms with Crippen molar-refractivity contribution < 1.29 is 13.2 Å². The summed E-state index contributed by atoms with van der Waals surface area (Å²) in [5, 5.41) is 4.08. The molecule has 41 heavy (non-hydrogen) atoms. The van der Waals surface area contributed by atoms with Gasteiger partial charge < -0.3 is 14.8 Å². The predicted octanol–water partition coefficient (Wildman–Crippen LogP) is 3.44. The van der Waals surface area contributed by atoms with Crippen LogP contribution in [0, 0.1) is 0 Å². The maximum Gasteiger partial charge on any atom is 0.264 e. The predicted molar refractivity (Wildman–Crippen MR) is 164 cm³/mol. The Bertz CT molecular complexity index is 1380. The molecule has 1 aromatic heterocycles. The van der Waals surface area contributed by atoms with Gasteiger partial charge in [-0.25, -0.2) is 8.42 Å². The lowest BCUT2D eigenvalue weighted by molar-refractivity contribution is 0.0806. The summed E-state index contributed by atoms with van der Waals surface area (Å²) in [6.45, 7) is 10.3. The number of hydrogen-bond donors (Lipinski definition) is 1. The minimum Gasteiger partial charge on any atom is -0.349 e. The number of pyridine rings is 1. The molecule has 5 rings (SSSR count). The van der Waals surface area contributed by atoms with Crippen LogP contribution in [0.15, 0.2) is 35.1 Å². The van der Waals surface area contributed by atoms with Crippen LogP contribution < -0.4 is 10.9 Å². The van der Waals surface area contributed by atoms with Gasteiger partial charge in [0.2, 0.25) is 10.0 Å². The number of aromatic nitrogens is 1. The van der Waals surface area contributed by atoms with Crippen molar-refractivity contribution in [2.45, 2.75) is 95.9 Å². The molecule has 226 valence electrons. The quantitative estimate of drug-likeness (QED) is 0.459. The molecule has 0 aliphatic carbocycles. The molecule has 9 nitrogen and oxygen atoms in total. The summed E-state index contributed by atoms with van der Waals surface area (Å²) in [7, 11) is -3.30. The summed E-state index contributed by atoms with van der Waals surface area (Å²) in [5.41, 5.74) is 0.781. The van der Waals surface area contributed by atoms with Crippen LogP contribution in [-0.2, 0) is 10.0 Å². The second kappa shape index (κ2) is 12.5. The summed E-state index contributed by atoms with van der Waals surface area (Å²) in [5.74, 6) is -0.300. The van der Waals surface area contributed by atoms with Gasteiger partial charge in [-0.15, -0.1) is 0 Å². The number of likely N-dealkylation sites (tertiary alicyclic amines) is 1. The van der Waals surface area contributed by atoms with E-state index in [1.165, 1.54) is 6.26 Å². The summed E-state index contributed by atoms with van der Waals surface area (Å²) < 4.78 is 29.0. The normalized spacial score (nSPS) is 24.5. The summed E-state index contributed by atoms with van der Waals surface area (Å²) in [4.78, 5) is 31.7. The molecule has 0 radical (unpaired) electrons. The minimum absolute atomic E-state index is 0.00326. The Morgan fingerprint density at radius 2 is 1.71 bits per heavy atom. The molecule has 1 N–H and O–H groups in total. The smallest absolute Gasteiger partial charge is 0.264 e. The lowest BCUT2D eigenvalue weighted by Gasteiger charge is -2.41. The number of piperidine rings is 2. The average Bonchev–Trinajstić information content (AvgIpc) is 3.15. The summed E-state index contributed by atoms with van der Waals surface area (Å²) in [6.07, 6.45) is 8.01. The van der Waals surface area contributed by atoms with Crippen molar-refractivity contribution in [3.05, 3.63) is 46.2 Å². The molecule has 1 amide bonds. The second-order valence-electron chi connectivity index (χ2n) is 12.6. The molecule has 3 aliphatic heterocycles. The van der Waals surface area contributed by atoms with Crippen LogP contribution in [0.25, 0.3) is 10.9 Å². The Kier molecular flexibility index (Phi) is 9.23. The van der Waals surface area contributed by atoms with Gasteiger partial charge in [-0.1, -0.05) is 25.1 Å². The van der Waals surface area contributed by atoms with Gasteiger partial charge in [0.1, 0.15) is 5.56 Å². The van der Waals surface area contributed by atoms with E-state index in [9.17, 15) is 18.0 Å². The molecule has 2 bridgehead atoms. The summed E-state index contributed by atoms with van der Waals surface area (Å²) >= 11 is 0. The Hall–Kier alpha value is -2.27. The Morgan fingerprint density at radius 1 is 1.05 bits per heavy atom. The number of amides is 1. The number of rotatable bonds is 10. The first-order valence-corrected chi connectivity index (χ1v) is 17.3. The number of benzene rings is 1. The van der Waals surface area contributed by atoms with E-state index < -0.39 is 10.0 Å². The van der Waals surface area contributed by atoms with Gasteiger partial charge in [-0.3, -0.25) is 14.5 Å². The highest BCUT2D eigenvalue weighted by molar-refractivity contribution is 7.88. The van der Waals surface area contributed by atoms with E-state index in [0.717, 1.165) is 82.0 Å². The maximum absolute atomic E-state index is 13.4. The standard InChI is InChI=1S/C31H47N5O4S/c1-5-14-33-15-12-25(13-16-33)35(41(4,39)40)18-17-34-26-10-11-27(34)21-24(20-26)32-30(37)28-19-23-8-6-7-9-29(23)36(22(2)3)31(28)38/h6-9,19,22,24-27H,5,10-18,20-21H2,1-4H3,(H,32,37)/t24-,26-,27+. The van der Waals surface area contributed by atoms with E-state index in [0.29, 0.717) is 18.6 Å². The minimum atomic E-state index is -3.30. The lowest BCUT2D eigenvalue weighted by atomic mass is 9.96. The SMILES string of the molecule is CCCN1CCC(N(CCN2[C@@H]3CC[C@H]2C[C@H](NC(=O)c2cc4ccccc4n(C(C)C)c2=O)C3)S(C)(=O)=O)CC1. The highest BCUT2D eigenvalue weighted by atomic mass is 32.2. The fraction of sp³-hybridized carbons (Fsp3) is 0.677. The Morgan fingerprint density at radius 3 is 2.32 bits per heavy atom. The molecule has 3 fully saturated rings. The van der Waals surface area contributed by atoms with Gasteiger partial charge >= 0.3 is 0 Å². The van der Waals surface area contributed by atoms with Crippen LogP contribution in [-0.4, -0.2) is 96.1 Å². The van der Waals surface area contributed by atoms with Crippen molar-refractivity contribution in [3.63, 3.8) is 0 Å². The highest BCUT2D eigenvalue weighted by Crippen LogP contribution is 2.36. The zero-order chi connectivity index (χ0) is 29.3. The number of nitrogens with one attached hydrogen (secondary N) is 1. The van der Waals surface area contributed by atoms with Gasteiger partial charge in [0.25, 0.3) is 11.5 Å². The third-order valence-electron chi connectivity index (χ3n) is 9.43. The monoisotopic (exact) mass is 585 g/mol. The van der Waals surface area contributed by atoms with Gasteiger partial charge in [0, 0.05) is 43.3 Å². The number of fused-ring (bicyclic) bond motifs is 3. The van der Waals surface area contributed by atoms with E-state index >= 15 is 0 Å². The van der Waals surface area contributed by atoms with E-state index in [1.54, 1.807) is 14.9 Å². The lowest BCUT2D eigenvalue weighted by Crippen LogP contribution is -2.54. The molecule has 3 aliphatic rings. The van der Waals surface area contributed by atoms with E-state index in [-0.39, 0.29) is 35.2 Å². The van der Waals surface area contributed by atoms with Gasteiger partial charge in [-0.2, -0.15) is 4.31 Å². The molecule has 1 aromatic carbocycles. The first-order valence-electron chi connectivity index (χ1n) is 15.5. The number of carbonyl (C=O) groups excluding carboxylic acids is 1. The maximum atomic E-state index is 13.4. The van der Waals surface area contributed by atoms with Crippen molar-refractivity contribution in [1.82, 2.24) is 24.0 Å². The van der Waals surface area contributed by atoms with E-state index in [4.69, 9.17) is 0 Å². The van der Waals surface area contributed by atoms with Gasteiger partial charge in [-0.05, 0) is 95.9 Å². The fourth-order valence-electron chi connectivity index (χ4n) is 7.56. The summed E-state index contributed by atoms with van der Waals surface area (Å²) in [6, 6.07) is 10.1. The average molecular weight is 586 g/mol. The molecule has 3 atom stereocenters. The molecule has 4 heterocycles. The van der Waals surface area contributed by atoms with Crippen molar-refractivity contribution >= 4 is 26.8 Å². The van der Waals surface area contributed by atoms with Crippen molar-refractivity contribution in [2.24, 2.45) is 0 Å². The molecule has 3 saturated heterocycles. The molecule has 0 saturated carbocycles. The second-order valence-corrected chi connectivity index (χ2v) is 14.5. The van der Waals surface area contributed by atoms with E-state index in [1.807, 2.05) is 38.1 Å². The zero-order valence-electron chi connectivity index (χ0n) is 25.1. The first-order chi connectivity index (χ1) is 19.6. The molecule has 0 unspecified atom stereocenters. The zero-order valence-corrected chi connectivity index (χ0v) is 25.9. The number of carbonyl (C=O) groups is 1. The van der Waals surface area contributed by atoms with Crippen LogP contribution in [0.4, 0.5) is 0 Å². The van der Waals surface area contributed by atoms with E-state index in [2.05, 4.69) is 22.0 Å². The first kappa shape index (κ1) is 30.2. The van der Waals surface area contributed by atoms with Crippen LogP contribution in [0.2, 0.25) is 0 Å². The van der Waals surface area contributed by atoms with Crippen molar-refractivity contribution in [3.8, 4) is 0 Å². The van der Waals surface area contributed by atoms with Crippen LogP contribution in [0.1, 0.15) is 82.1 Å². The molecular weight excluding hydrogens is 538 g/mol. The third-order valence-corrected chi connectivity index (χ3v) is 10.8. The third kappa shape index (κ3) is 6.55. The van der Waals surface area contributed by atoms with Gasteiger partial charge in [0.15, 0.2) is 0 Å². The van der Waals surface area contributed by atoms with Crippen molar-refractivity contribution in [2.75, 3.05) is 39.0 Å². The fourth-order valence-corrected chi connectivity index (χ4v) is 8.73. The Balaban J connectivity index is 1.22. The molecular formula is C31H47N5O4S. The number of nitrogens with zero attached hydrogens (tertiary/aromatic N) is 4. The largest absolute Gasteiger partial charge is 0.349 e.